The van der Waals surface area contributed by atoms with Crippen molar-refractivity contribution >= 4 is 39.4 Å². The van der Waals surface area contributed by atoms with E-state index in [2.05, 4.69) is 9.97 Å². The highest BCUT2D eigenvalue weighted by atomic mass is 35.5. The summed E-state index contributed by atoms with van der Waals surface area (Å²) in [5.74, 6) is 1.66. The topological polar surface area (TPSA) is 76.8 Å². The first-order chi connectivity index (χ1) is 12.2. The Morgan fingerprint density at radius 1 is 1.16 bits per heavy atom. The number of nitrogens with two attached hydrogens (primary N) is 1. The average molecular weight is 353 g/mol. The number of aromatic amines is 1. The van der Waals surface area contributed by atoms with Crippen molar-refractivity contribution in [3.05, 3.63) is 48.2 Å². The number of alkyl halides is 1. The summed E-state index contributed by atoms with van der Waals surface area (Å²) in [7, 11) is 1.64. The van der Waals surface area contributed by atoms with Crippen LogP contribution in [0.1, 0.15) is 5.56 Å². The van der Waals surface area contributed by atoms with Crippen LogP contribution in [0, 0.1) is 0 Å². The summed E-state index contributed by atoms with van der Waals surface area (Å²) in [5, 5.41) is 1.07. The number of rotatable bonds is 4. The molecule has 0 unspecified atom stereocenters. The Morgan fingerprint density at radius 2 is 2.00 bits per heavy atom. The van der Waals surface area contributed by atoms with E-state index in [1.807, 2.05) is 42.6 Å². The number of halogens is 1. The number of H-pyrrole nitrogens is 1. The number of aromatic nitrogens is 3. The molecule has 2 aromatic heterocycles. The van der Waals surface area contributed by atoms with Gasteiger partial charge in [0.05, 0.1) is 18.1 Å². The third-order valence-corrected chi connectivity index (χ3v) is 4.50. The van der Waals surface area contributed by atoms with Gasteiger partial charge in [-0.2, -0.15) is 0 Å². The van der Waals surface area contributed by atoms with E-state index in [4.69, 9.17) is 27.1 Å². The fourth-order valence-corrected chi connectivity index (χ4v) is 3.32. The predicted octanol–water partition coefficient (Wildman–Crippen LogP) is 4.15. The van der Waals surface area contributed by atoms with E-state index < -0.39 is 0 Å². The molecule has 0 amide bonds. The molecule has 0 aliphatic heterocycles. The Labute approximate surface area is 149 Å². The van der Waals surface area contributed by atoms with Crippen LogP contribution in [0.3, 0.4) is 0 Å². The highest BCUT2D eigenvalue weighted by molar-refractivity contribution is 6.18. The number of hydrogen-bond donors (Lipinski definition) is 2. The fourth-order valence-electron chi connectivity index (χ4n) is 3.12. The van der Waals surface area contributed by atoms with Gasteiger partial charge in [-0.05, 0) is 30.2 Å². The number of nitrogens with zero attached hydrogens (tertiary/aromatic N) is 2. The van der Waals surface area contributed by atoms with Crippen LogP contribution >= 0.6 is 11.6 Å². The summed E-state index contributed by atoms with van der Waals surface area (Å²) in [4.78, 5) is 12.5. The van der Waals surface area contributed by atoms with Gasteiger partial charge >= 0.3 is 0 Å². The van der Waals surface area contributed by atoms with Crippen LogP contribution in [0.5, 0.6) is 5.75 Å². The molecule has 0 aliphatic rings. The molecular formula is C19H17ClN4O. The first-order valence-electron chi connectivity index (χ1n) is 7.98. The van der Waals surface area contributed by atoms with Crippen molar-refractivity contribution in [3.63, 3.8) is 0 Å². The van der Waals surface area contributed by atoms with Gasteiger partial charge in [-0.25, -0.2) is 9.97 Å². The highest BCUT2D eigenvalue weighted by Crippen LogP contribution is 2.33. The largest absolute Gasteiger partial charge is 0.496 e. The summed E-state index contributed by atoms with van der Waals surface area (Å²) >= 11 is 5.91. The maximum Gasteiger partial charge on any atom is 0.150 e. The maximum atomic E-state index is 6.22. The zero-order valence-corrected chi connectivity index (χ0v) is 14.5. The number of benzene rings is 2. The second-order valence-electron chi connectivity index (χ2n) is 5.79. The van der Waals surface area contributed by atoms with Crippen molar-refractivity contribution in [1.29, 1.82) is 0 Å². The van der Waals surface area contributed by atoms with E-state index in [-0.39, 0.29) is 0 Å². The Hall–Kier alpha value is -2.79. The average Bonchev–Trinajstić information content (AvgIpc) is 3.10. The molecule has 0 aliphatic carbocycles. The van der Waals surface area contributed by atoms with Crippen LogP contribution in [0.2, 0.25) is 0 Å². The van der Waals surface area contributed by atoms with Crippen molar-refractivity contribution in [2.75, 3.05) is 18.7 Å². The third kappa shape index (κ3) is 2.66. The van der Waals surface area contributed by atoms with Gasteiger partial charge in [0.25, 0.3) is 0 Å². The summed E-state index contributed by atoms with van der Waals surface area (Å²) in [6.07, 6.45) is 2.61. The number of methoxy groups -OCH3 is 1. The first-order valence-corrected chi connectivity index (χ1v) is 8.51. The maximum absolute atomic E-state index is 6.22. The van der Waals surface area contributed by atoms with Crippen LogP contribution in [0.15, 0.2) is 42.6 Å². The molecule has 126 valence electrons. The molecule has 0 atom stereocenters. The monoisotopic (exact) mass is 352 g/mol. The molecule has 4 rings (SSSR count). The molecule has 6 heteroatoms. The zero-order valence-electron chi connectivity index (χ0n) is 13.7. The fraction of sp³-hybridized carbons (Fsp3) is 0.158. The lowest BCUT2D eigenvalue weighted by atomic mass is 10.1. The molecule has 3 N–H and O–H groups in total. The van der Waals surface area contributed by atoms with E-state index in [1.165, 1.54) is 0 Å². The highest BCUT2D eigenvalue weighted by Gasteiger charge is 2.14. The van der Waals surface area contributed by atoms with Crippen molar-refractivity contribution in [3.8, 4) is 17.0 Å². The van der Waals surface area contributed by atoms with Gasteiger partial charge in [0, 0.05) is 34.6 Å². The van der Waals surface area contributed by atoms with Crippen molar-refractivity contribution in [2.45, 2.75) is 6.42 Å². The quantitative estimate of drug-likeness (QED) is 0.541. The van der Waals surface area contributed by atoms with E-state index in [0.29, 0.717) is 29.3 Å². The van der Waals surface area contributed by atoms with Crippen molar-refractivity contribution in [1.82, 2.24) is 15.0 Å². The molecule has 2 aromatic carbocycles. The molecular weight excluding hydrogens is 336 g/mol. The molecule has 25 heavy (non-hydrogen) atoms. The minimum absolute atomic E-state index is 0.397. The molecule has 4 aromatic rings. The van der Waals surface area contributed by atoms with E-state index >= 15 is 0 Å². The van der Waals surface area contributed by atoms with Crippen LogP contribution in [0.4, 0.5) is 5.82 Å². The van der Waals surface area contributed by atoms with Gasteiger partial charge in [-0.3, -0.25) is 0 Å². The van der Waals surface area contributed by atoms with Crippen LogP contribution in [-0.4, -0.2) is 27.9 Å². The SMILES string of the molecule is COc1cc2nc(N)c(-c3cccc4[nH]ccc34)nc2cc1CCCl. The van der Waals surface area contributed by atoms with Crippen LogP contribution in [-0.2, 0) is 6.42 Å². The number of hydrogen-bond acceptors (Lipinski definition) is 4. The number of nitrogens with one attached hydrogen (secondary N) is 1. The summed E-state index contributed by atoms with van der Waals surface area (Å²) in [6, 6.07) is 11.9. The normalized spacial score (nSPS) is 11.3. The summed E-state index contributed by atoms with van der Waals surface area (Å²) < 4.78 is 5.44. The molecule has 0 spiro atoms. The van der Waals surface area contributed by atoms with Gasteiger partial charge in [-0.1, -0.05) is 12.1 Å². The Bertz CT molecular complexity index is 1070. The van der Waals surface area contributed by atoms with Gasteiger partial charge in [0.15, 0.2) is 5.82 Å². The zero-order chi connectivity index (χ0) is 17.4. The van der Waals surface area contributed by atoms with E-state index in [9.17, 15) is 0 Å². The summed E-state index contributed by atoms with van der Waals surface area (Å²) in [5.41, 5.74) is 11.4. The lowest BCUT2D eigenvalue weighted by molar-refractivity contribution is 0.411. The molecule has 0 fully saturated rings. The van der Waals surface area contributed by atoms with Gasteiger partial charge in [0.2, 0.25) is 0 Å². The number of ether oxygens (including phenoxy) is 1. The van der Waals surface area contributed by atoms with Crippen molar-refractivity contribution < 1.29 is 4.74 Å². The second kappa shape index (κ2) is 6.26. The minimum Gasteiger partial charge on any atom is -0.496 e. The lowest BCUT2D eigenvalue weighted by Crippen LogP contribution is -2.01. The summed E-state index contributed by atoms with van der Waals surface area (Å²) in [6.45, 7) is 0. The lowest BCUT2D eigenvalue weighted by Gasteiger charge is -2.11. The first kappa shape index (κ1) is 15.7. The third-order valence-electron chi connectivity index (χ3n) is 4.31. The molecule has 0 saturated carbocycles. The smallest absolute Gasteiger partial charge is 0.150 e. The van der Waals surface area contributed by atoms with Gasteiger partial charge in [0.1, 0.15) is 11.4 Å². The number of aryl methyl sites for hydroxylation is 1. The minimum atomic E-state index is 0.397. The Kier molecular flexibility index (Phi) is 3.93. The van der Waals surface area contributed by atoms with Gasteiger partial charge < -0.3 is 15.5 Å². The second-order valence-corrected chi connectivity index (χ2v) is 6.17. The number of anilines is 1. The molecule has 2 heterocycles. The van der Waals surface area contributed by atoms with Crippen LogP contribution in [0.25, 0.3) is 33.2 Å². The molecule has 0 saturated heterocycles. The number of fused-ring (bicyclic) bond motifs is 2. The van der Waals surface area contributed by atoms with E-state index in [1.54, 1.807) is 7.11 Å². The van der Waals surface area contributed by atoms with Gasteiger partial charge in [-0.15, -0.1) is 11.6 Å². The molecule has 0 bridgehead atoms. The standard InChI is InChI=1S/C19H17ClN4O/c1-25-17-10-16-15(9-11(17)5-7-20)23-18(19(21)24-16)13-3-2-4-14-12(13)6-8-22-14/h2-4,6,8-10,22H,5,7H2,1H3,(H2,21,24). The van der Waals surface area contributed by atoms with Crippen LogP contribution < -0.4 is 10.5 Å². The predicted molar refractivity (Wildman–Crippen MR) is 102 cm³/mol. The molecule has 0 radical (unpaired) electrons. The number of nitrogen functional groups attached to an aromatic ring is 1. The Morgan fingerprint density at radius 3 is 2.80 bits per heavy atom. The molecule has 5 nitrogen and oxygen atoms in total. The Balaban J connectivity index is 1.96. The van der Waals surface area contributed by atoms with E-state index in [0.717, 1.165) is 33.3 Å². The van der Waals surface area contributed by atoms with Crippen molar-refractivity contribution in [2.24, 2.45) is 0 Å².